The van der Waals surface area contributed by atoms with Gasteiger partial charge in [-0.25, -0.2) is 4.68 Å². The molecule has 0 saturated heterocycles. The van der Waals surface area contributed by atoms with Gasteiger partial charge in [0.25, 0.3) is 0 Å². The van der Waals surface area contributed by atoms with Gasteiger partial charge in [0, 0.05) is 18.7 Å². The average molecular weight is 352 g/mol. The molecule has 0 aliphatic carbocycles. The van der Waals surface area contributed by atoms with Gasteiger partial charge in [0.05, 0.1) is 11.4 Å². The summed E-state index contributed by atoms with van der Waals surface area (Å²) in [5.41, 5.74) is 0. The summed E-state index contributed by atoms with van der Waals surface area (Å²) >= 11 is 2.80. The Balaban J connectivity index is 1.93. The summed E-state index contributed by atoms with van der Waals surface area (Å²) < 4.78 is 2.52. The fourth-order valence-electron chi connectivity index (χ4n) is 1.75. The molecule has 2 N–H and O–H groups in total. The smallest absolute Gasteiger partial charge is 0.238 e. The zero-order chi connectivity index (χ0) is 16.8. The van der Waals surface area contributed by atoms with Gasteiger partial charge in [-0.2, -0.15) is 5.10 Å². The van der Waals surface area contributed by atoms with Crippen molar-refractivity contribution in [1.29, 1.82) is 0 Å². The van der Waals surface area contributed by atoms with E-state index in [1.165, 1.54) is 23.1 Å². The van der Waals surface area contributed by atoms with Crippen molar-refractivity contribution in [2.24, 2.45) is 0 Å². The highest BCUT2D eigenvalue weighted by molar-refractivity contribution is 8.02. The average Bonchev–Trinajstić information content (AvgIpc) is 3.14. The van der Waals surface area contributed by atoms with Gasteiger partial charge in [0.2, 0.25) is 11.0 Å². The molecule has 2 rings (SSSR count). The molecule has 0 unspecified atom stereocenters. The van der Waals surface area contributed by atoms with Crippen molar-refractivity contribution in [3.63, 3.8) is 0 Å². The highest BCUT2D eigenvalue weighted by atomic mass is 32.2. The van der Waals surface area contributed by atoms with Crippen molar-refractivity contribution in [3.05, 3.63) is 24.9 Å². The summed E-state index contributed by atoms with van der Waals surface area (Å²) in [6.45, 7) is 10.1. The molecule has 2 heterocycles. The van der Waals surface area contributed by atoms with Crippen LogP contribution >= 0.6 is 23.1 Å². The fourth-order valence-corrected chi connectivity index (χ4v) is 3.65. The number of hydrogen-bond donors (Lipinski definition) is 2. The summed E-state index contributed by atoms with van der Waals surface area (Å²) in [4.78, 5) is 12.3. The number of anilines is 2. The standard InChI is InChI=1S/C14H20N6OS2/c1-5-7-15-13-18-19-14(23-13)22-10(4)12(21)17-11-6-8-16-20(11)9(2)3/h5-6,8-10H,1,7H2,2-4H3,(H,15,18)(H,17,21)/t10-/m0/s1. The van der Waals surface area contributed by atoms with Crippen LogP contribution in [-0.4, -0.2) is 37.7 Å². The van der Waals surface area contributed by atoms with E-state index in [0.29, 0.717) is 12.4 Å². The first kappa shape index (κ1) is 17.5. The Bertz CT molecular complexity index is 666. The topological polar surface area (TPSA) is 84.7 Å². The summed E-state index contributed by atoms with van der Waals surface area (Å²) in [5, 5.41) is 18.7. The Morgan fingerprint density at radius 3 is 2.96 bits per heavy atom. The van der Waals surface area contributed by atoms with Crippen molar-refractivity contribution >= 4 is 40.0 Å². The first-order valence-electron chi connectivity index (χ1n) is 7.20. The lowest BCUT2D eigenvalue weighted by molar-refractivity contribution is -0.115. The minimum absolute atomic E-state index is 0.0896. The largest absolute Gasteiger partial charge is 0.357 e. The van der Waals surface area contributed by atoms with E-state index < -0.39 is 0 Å². The van der Waals surface area contributed by atoms with Crippen LogP contribution in [0.4, 0.5) is 10.9 Å². The van der Waals surface area contributed by atoms with Gasteiger partial charge in [-0.15, -0.1) is 16.8 Å². The van der Waals surface area contributed by atoms with Crippen LogP contribution in [-0.2, 0) is 4.79 Å². The maximum absolute atomic E-state index is 12.3. The molecule has 0 fully saturated rings. The Hall–Kier alpha value is -1.87. The van der Waals surface area contributed by atoms with Crippen LogP contribution in [0, 0.1) is 0 Å². The molecule has 7 nitrogen and oxygen atoms in total. The van der Waals surface area contributed by atoms with Gasteiger partial charge in [-0.05, 0) is 20.8 Å². The number of carbonyl (C=O) groups is 1. The lowest BCUT2D eigenvalue weighted by atomic mass is 10.4. The van der Waals surface area contributed by atoms with E-state index in [1.54, 1.807) is 23.0 Å². The highest BCUT2D eigenvalue weighted by Gasteiger charge is 2.19. The quantitative estimate of drug-likeness (QED) is 0.561. The summed E-state index contributed by atoms with van der Waals surface area (Å²) in [6.07, 6.45) is 3.43. The number of rotatable bonds is 8. The van der Waals surface area contributed by atoms with Crippen LogP contribution in [0.5, 0.6) is 0 Å². The molecule has 0 bridgehead atoms. The summed E-state index contributed by atoms with van der Waals surface area (Å²) in [5.74, 6) is 0.608. The molecule has 0 aliphatic heterocycles. The van der Waals surface area contributed by atoms with Crippen LogP contribution in [0.15, 0.2) is 29.3 Å². The van der Waals surface area contributed by atoms with Gasteiger partial charge in [-0.1, -0.05) is 29.2 Å². The molecular weight excluding hydrogens is 332 g/mol. The molecule has 1 amide bonds. The Morgan fingerprint density at radius 1 is 1.48 bits per heavy atom. The van der Waals surface area contributed by atoms with E-state index >= 15 is 0 Å². The highest BCUT2D eigenvalue weighted by Crippen LogP contribution is 2.29. The molecule has 0 aromatic carbocycles. The molecule has 2 aromatic rings. The van der Waals surface area contributed by atoms with E-state index in [9.17, 15) is 4.79 Å². The van der Waals surface area contributed by atoms with Crippen LogP contribution in [0.1, 0.15) is 26.8 Å². The Morgan fingerprint density at radius 2 is 2.26 bits per heavy atom. The van der Waals surface area contributed by atoms with Gasteiger partial charge in [0.1, 0.15) is 5.82 Å². The number of nitrogens with zero attached hydrogens (tertiary/aromatic N) is 4. The third-order valence-corrected chi connectivity index (χ3v) is 4.93. The monoisotopic (exact) mass is 352 g/mol. The van der Waals surface area contributed by atoms with Gasteiger partial charge < -0.3 is 10.6 Å². The first-order valence-corrected chi connectivity index (χ1v) is 8.90. The number of nitrogens with one attached hydrogen (secondary N) is 2. The van der Waals surface area contributed by atoms with Gasteiger partial charge in [-0.3, -0.25) is 4.79 Å². The molecule has 0 spiro atoms. The van der Waals surface area contributed by atoms with E-state index in [4.69, 9.17) is 0 Å². The number of hydrogen-bond acceptors (Lipinski definition) is 7. The van der Waals surface area contributed by atoms with Crippen LogP contribution in [0.2, 0.25) is 0 Å². The molecular formula is C14H20N6OS2. The molecule has 124 valence electrons. The maximum Gasteiger partial charge on any atom is 0.238 e. The van der Waals surface area contributed by atoms with Crippen LogP contribution < -0.4 is 10.6 Å². The predicted molar refractivity (Wildman–Crippen MR) is 95.2 cm³/mol. The van der Waals surface area contributed by atoms with E-state index in [1.807, 2.05) is 20.8 Å². The second-order valence-electron chi connectivity index (χ2n) is 5.05. The van der Waals surface area contributed by atoms with Crippen molar-refractivity contribution in [2.75, 3.05) is 17.2 Å². The number of amides is 1. The molecule has 0 aliphatic rings. The first-order chi connectivity index (χ1) is 11.0. The minimum atomic E-state index is -0.286. The van der Waals surface area contributed by atoms with Crippen molar-refractivity contribution < 1.29 is 4.79 Å². The molecule has 23 heavy (non-hydrogen) atoms. The van der Waals surface area contributed by atoms with Gasteiger partial charge in [0.15, 0.2) is 4.34 Å². The number of carbonyl (C=O) groups excluding carboxylic acids is 1. The van der Waals surface area contributed by atoms with Crippen molar-refractivity contribution in [3.8, 4) is 0 Å². The number of thioether (sulfide) groups is 1. The molecule has 9 heteroatoms. The SMILES string of the molecule is C=CCNc1nnc(S[C@@H](C)C(=O)Nc2ccnn2C(C)C)s1. The molecule has 0 saturated carbocycles. The lowest BCUT2D eigenvalue weighted by Crippen LogP contribution is -2.24. The summed E-state index contributed by atoms with van der Waals surface area (Å²) in [7, 11) is 0. The predicted octanol–water partition coefficient (Wildman–Crippen LogP) is 3.03. The van der Waals surface area contributed by atoms with E-state index in [0.717, 1.165) is 9.47 Å². The Kier molecular flexibility index (Phi) is 6.17. The van der Waals surface area contributed by atoms with E-state index in [2.05, 4.69) is 32.5 Å². The Labute approximate surface area is 143 Å². The molecule has 2 aromatic heterocycles. The third-order valence-electron chi connectivity index (χ3n) is 2.86. The minimum Gasteiger partial charge on any atom is -0.357 e. The normalized spacial score (nSPS) is 12.2. The second-order valence-corrected chi connectivity index (χ2v) is 7.61. The van der Waals surface area contributed by atoms with Crippen molar-refractivity contribution in [2.45, 2.75) is 36.4 Å². The zero-order valence-corrected chi connectivity index (χ0v) is 14.9. The maximum atomic E-state index is 12.3. The van der Waals surface area contributed by atoms with Crippen LogP contribution in [0.3, 0.4) is 0 Å². The molecule has 1 atom stereocenters. The second kappa shape index (κ2) is 8.11. The third kappa shape index (κ3) is 4.80. The van der Waals surface area contributed by atoms with Crippen molar-refractivity contribution in [1.82, 2.24) is 20.0 Å². The number of aromatic nitrogens is 4. The zero-order valence-electron chi connectivity index (χ0n) is 13.3. The van der Waals surface area contributed by atoms with E-state index in [-0.39, 0.29) is 17.2 Å². The summed E-state index contributed by atoms with van der Waals surface area (Å²) in [6, 6.07) is 1.97. The van der Waals surface area contributed by atoms with Gasteiger partial charge >= 0.3 is 0 Å². The lowest BCUT2D eigenvalue weighted by Gasteiger charge is -2.14. The molecule has 0 radical (unpaired) electrons. The van der Waals surface area contributed by atoms with Crippen LogP contribution in [0.25, 0.3) is 0 Å². The fraction of sp³-hybridized carbons (Fsp3) is 0.429.